The summed E-state index contributed by atoms with van der Waals surface area (Å²) in [6.45, 7) is 7.13. The lowest BCUT2D eigenvalue weighted by molar-refractivity contribution is -0.312. The van der Waals surface area contributed by atoms with Crippen molar-refractivity contribution in [3.05, 3.63) is 64.0 Å². The van der Waals surface area contributed by atoms with Crippen molar-refractivity contribution in [2.24, 2.45) is 0 Å². The summed E-state index contributed by atoms with van der Waals surface area (Å²) in [5, 5.41) is 10.6. The lowest BCUT2D eigenvalue weighted by Crippen LogP contribution is -2.37. The van der Waals surface area contributed by atoms with Gasteiger partial charge in [0, 0.05) is 6.07 Å². The monoisotopic (exact) mass is 449 g/mol. The van der Waals surface area contributed by atoms with Gasteiger partial charge in [-0.05, 0) is 42.2 Å². The standard InChI is InChI=1S/C23H21F3O6/c1-12(21(28)29)30-15-9-10-16-17(11-15)32-20(23(24,25)26)19(18(16)27)31-14-7-5-13(6-8-14)22(2,3)4/h5-12H,1-4H3,(H,28,29)/p-1/t12-/m1/s1. The number of carbonyl (C=O) groups is 1. The molecule has 3 aromatic rings. The summed E-state index contributed by atoms with van der Waals surface area (Å²) in [5.41, 5.74) is -0.699. The Hall–Kier alpha value is -3.49. The topological polar surface area (TPSA) is 88.8 Å². The molecule has 0 unspecified atom stereocenters. The highest BCUT2D eigenvalue weighted by molar-refractivity contribution is 5.80. The number of aliphatic carboxylic acids is 1. The van der Waals surface area contributed by atoms with Gasteiger partial charge < -0.3 is 23.8 Å². The molecule has 0 fully saturated rings. The van der Waals surface area contributed by atoms with Crippen molar-refractivity contribution in [3.63, 3.8) is 0 Å². The number of ether oxygens (including phenoxy) is 2. The van der Waals surface area contributed by atoms with Gasteiger partial charge in [-0.25, -0.2) is 0 Å². The first-order valence-corrected chi connectivity index (χ1v) is 9.61. The van der Waals surface area contributed by atoms with Crippen LogP contribution in [0.1, 0.15) is 39.0 Å². The predicted octanol–water partition coefficient (Wildman–Crippen LogP) is 4.42. The third kappa shape index (κ3) is 4.87. The fourth-order valence-corrected chi connectivity index (χ4v) is 2.90. The van der Waals surface area contributed by atoms with E-state index in [1.165, 1.54) is 31.2 Å². The Balaban J connectivity index is 2.08. The van der Waals surface area contributed by atoms with Crippen LogP contribution in [-0.4, -0.2) is 12.1 Å². The van der Waals surface area contributed by atoms with Gasteiger partial charge >= 0.3 is 6.18 Å². The van der Waals surface area contributed by atoms with Gasteiger partial charge in [0.25, 0.3) is 5.76 Å². The zero-order valence-corrected chi connectivity index (χ0v) is 17.7. The number of alkyl halides is 3. The average Bonchev–Trinajstić information content (AvgIpc) is 2.68. The van der Waals surface area contributed by atoms with E-state index in [2.05, 4.69) is 0 Å². The number of halogens is 3. The van der Waals surface area contributed by atoms with Crippen molar-refractivity contribution in [3.8, 4) is 17.2 Å². The number of hydrogen-bond donors (Lipinski definition) is 0. The van der Waals surface area contributed by atoms with Gasteiger partial charge in [0.05, 0.1) is 11.4 Å². The molecule has 1 aromatic heterocycles. The number of rotatable bonds is 5. The van der Waals surface area contributed by atoms with Gasteiger partial charge in [-0.15, -0.1) is 0 Å². The Morgan fingerprint density at radius 1 is 1.03 bits per heavy atom. The van der Waals surface area contributed by atoms with Crippen molar-refractivity contribution in [1.82, 2.24) is 0 Å². The summed E-state index contributed by atoms with van der Waals surface area (Å²) in [6.07, 6.45) is -6.39. The molecule has 32 heavy (non-hydrogen) atoms. The smallest absolute Gasteiger partial charge is 0.453 e. The van der Waals surface area contributed by atoms with Crippen LogP contribution in [0.2, 0.25) is 0 Å². The summed E-state index contributed by atoms with van der Waals surface area (Å²) in [7, 11) is 0. The van der Waals surface area contributed by atoms with Crippen LogP contribution in [0.15, 0.2) is 51.7 Å². The van der Waals surface area contributed by atoms with E-state index in [4.69, 9.17) is 13.9 Å². The number of fused-ring (bicyclic) bond motifs is 1. The van der Waals surface area contributed by atoms with E-state index >= 15 is 0 Å². The van der Waals surface area contributed by atoms with Crippen molar-refractivity contribution in [1.29, 1.82) is 0 Å². The molecular weight excluding hydrogens is 429 g/mol. The van der Waals surface area contributed by atoms with Crippen molar-refractivity contribution in [2.45, 2.75) is 45.4 Å². The van der Waals surface area contributed by atoms with Crippen LogP contribution in [0.4, 0.5) is 13.2 Å². The number of carboxylic acids is 1. The minimum absolute atomic E-state index is 0.0397. The fourth-order valence-electron chi connectivity index (χ4n) is 2.90. The second-order valence-electron chi connectivity index (χ2n) is 8.20. The Morgan fingerprint density at radius 2 is 1.62 bits per heavy atom. The first-order chi connectivity index (χ1) is 14.8. The predicted molar refractivity (Wildman–Crippen MR) is 108 cm³/mol. The van der Waals surface area contributed by atoms with Crippen LogP contribution in [0.3, 0.4) is 0 Å². The van der Waals surface area contributed by atoms with Gasteiger partial charge in [0.15, 0.2) is 0 Å². The quantitative estimate of drug-likeness (QED) is 0.573. The lowest BCUT2D eigenvalue weighted by Gasteiger charge is -2.19. The van der Waals surface area contributed by atoms with E-state index in [1.54, 1.807) is 12.1 Å². The Bertz CT molecular complexity index is 1200. The highest BCUT2D eigenvalue weighted by Gasteiger charge is 2.40. The number of carbonyl (C=O) groups excluding carboxylic acids is 1. The van der Waals surface area contributed by atoms with Gasteiger partial charge in [-0.3, -0.25) is 4.79 Å². The molecule has 0 N–H and O–H groups in total. The van der Waals surface area contributed by atoms with E-state index in [0.717, 1.165) is 11.6 Å². The molecule has 0 radical (unpaired) electrons. The summed E-state index contributed by atoms with van der Waals surface area (Å²) < 4.78 is 56.4. The van der Waals surface area contributed by atoms with Crippen LogP contribution in [-0.2, 0) is 16.4 Å². The van der Waals surface area contributed by atoms with E-state index in [9.17, 15) is 27.9 Å². The average molecular weight is 449 g/mol. The highest BCUT2D eigenvalue weighted by Crippen LogP contribution is 2.39. The molecule has 9 heteroatoms. The molecule has 0 aliphatic carbocycles. The molecule has 0 spiro atoms. The largest absolute Gasteiger partial charge is 0.546 e. The number of hydrogen-bond acceptors (Lipinski definition) is 6. The van der Waals surface area contributed by atoms with Crippen molar-refractivity contribution >= 4 is 16.9 Å². The van der Waals surface area contributed by atoms with Crippen LogP contribution in [0.25, 0.3) is 11.0 Å². The first-order valence-electron chi connectivity index (χ1n) is 9.61. The second-order valence-corrected chi connectivity index (χ2v) is 8.20. The molecule has 2 aromatic carbocycles. The summed E-state index contributed by atoms with van der Waals surface area (Å²) >= 11 is 0. The molecule has 6 nitrogen and oxygen atoms in total. The van der Waals surface area contributed by atoms with Crippen molar-refractivity contribution < 1.29 is 37.0 Å². The molecular formula is C23H20F3O6-. The number of benzene rings is 2. The second kappa shape index (κ2) is 8.22. The first kappa shape index (κ1) is 23.2. The normalized spacial score (nSPS) is 13.1. The van der Waals surface area contributed by atoms with Crippen LogP contribution in [0, 0.1) is 0 Å². The van der Waals surface area contributed by atoms with Gasteiger partial charge in [-0.2, -0.15) is 13.2 Å². The third-order valence-corrected chi connectivity index (χ3v) is 4.66. The van der Waals surface area contributed by atoms with E-state index in [-0.39, 0.29) is 22.3 Å². The fraction of sp³-hybridized carbons (Fsp3) is 0.304. The molecule has 0 bridgehead atoms. The van der Waals surface area contributed by atoms with Gasteiger partial charge in [-0.1, -0.05) is 32.9 Å². The SMILES string of the molecule is C[C@@H](Oc1ccc2c(=O)c(Oc3ccc(C(C)(C)C)cc3)c(C(F)(F)F)oc2c1)C(=O)[O-]. The van der Waals surface area contributed by atoms with Crippen LogP contribution < -0.4 is 20.0 Å². The molecule has 0 amide bonds. The van der Waals surface area contributed by atoms with E-state index in [0.29, 0.717) is 0 Å². The van der Waals surface area contributed by atoms with Gasteiger partial charge in [0.2, 0.25) is 11.2 Å². The molecule has 0 aliphatic rings. The maximum atomic E-state index is 13.7. The molecule has 1 atom stereocenters. The highest BCUT2D eigenvalue weighted by atomic mass is 19.4. The molecule has 0 saturated carbocycles. The van der Waals surface area contributed by atoms with Crippen molar-refractivity contribution in [2.75, 3.05) is 0 Å². The molecule has 0 aliphatic heterocycles. The minimum atomic E-state index is -5.02. The van der Waals surface area contributed by atoms with Crippen LogP contribution >= 0.6 is 0 Å². The molecule has 3 rings (SSSR count). The Morgan fingerprint density at radius 3 is 2.16 bits per heavy atom. The molecule has 1 heterocycles. The maximum Gasteiger partial charge on any atom is 0.453 e. The zero-order chi connectivity index (χ0) is 23.8. The Kier molecular flexibility index (Phi) is 5.95. The third-order valence-electron chi connectivity index (χ3n) is 4.66. The molecule has 0 saturated heterocycles. The van der Waals surface area contributed by atoms with Crippen LogP contribution in [0.5, 0.6) is 17.2 Å². The Labute approximate surface area is 181 Å². The maximum absolute atomic E-state index is 13.7. The summed E-state index contributed by atoms with van der Waals surface area (Å²) in [4.78, 5) is 23.7. The van der Waals surface area contributed by atoms with E-state index < -0.39 is 40.8 Å². The lowest BCUT2D eigenvalue weighted by atomic mass is 9.87. The van der Waals surface area contributed by atoms with E-state index in [1.807, 2.05) is 20.8 Å². The minimum Gasteiger partial charge on any atom is -0.546 e. The number of carboxylic acid groups (broad SMARTS) is 1. The van der Waals surface area contributed by atoms with Gasteiger partial charge in [0.1, 0.15) is 23.2 Å². The summed E-state index contributed by atoms with van der Waals surface area (Å²) in [6, 6.07) is 9.78. The molecule has 170 valence electrons. The summed E-state index contributed by atoms with van der Waals surface area (Å²) in [5.74, 6) is -4.18. The zero-order valence-electron chi connectivity index (χ0n) is 17.7.